The number of hydrogen-bond acceptors (Lipinski definition) is 3. The first kappa shape index (κ1) is 13.6. The lowest BCUT2D eigenvalue weighted by molar-refractivity contribution is 0.178. The van der Waals surface area contributed by atoms with Crippen LogP contribution in [0, 0.1) is 0 Å². The summed E-state index contributed by atoms with van der Waals surface area (Å²) in [5, 5.41) is 11.6. The standard InChI is InChI=1S/C18H17NO2/c1-21-15-6-4-5-14(11-15)18(20)12-13-9-10-19-17-8-3-2-7-16(13)17/h2-11,18,20H,12H2,1H3. The minimum Gasteiger partial charge on any atom is -0.497 e. The van der Waals surface area contributed by atoms with E-state index in [9.17, 15) is 5.11 Å². The SMILES string of the molecule is COc1cccc(C(O)Cc2ccnc3ccccc23)c1. The van der Waals surface area contributed by atoms with Crippen LogP contribution in [0.1, 0.15) is 17.2 Å². The number of methoxy groups -OCH3 is 1. The van der Waals surface area contributed by atoms with Crippen molar-refractivity contribution in [1.82, 2.24) is 4.98 Å². The van der Waals surface area contributed by atoms with Crippen LogP contribution < -0.4 is 4.74 Å². The van der Waals surface area contributed by atoms with Crippen LogP contribution >= 0.6 is 0 Å². The Morgan fingerprint density at radius 1 is 1.10 bits per heavy atom. The van der Waals surface area contributed by atoms with E-state index in [0.29, 0.717) is 6.42 Å². The van der Waals surface area contributed by atoms with E-state index >= 15 is 0 Å². The second kappa shape index (κ2) is 5.94. The number of benzene rings is 2. The number of pyridine rings is 1. The molecule has 3 rings (SSSR count). The summed E-state index contributed by atoms with van der Waals surface area (Å²) in [6, 6.07) is 17.5. The van der Waals surface area contributed by atoms with Crippen LogP contribution in [0.4, 0.5) is 0 Å². The van der Waals surface area contributed by atoms with Crippen LogP contribution in [0.3, 0.4) is 0 Å². The molecule has 3 aromatic rings. The highest BCUT2D eigenvalue weighted by Gasteiger charge is 2.11. The summed E-state index contributed by atoms with van der Waals surface area (Å²) in [5.41, 5.74) is 2.90. The van der Waals surface area contributed by atoms with E-state index in [1.807, 2.05) is 54.6 Å². The van der Waals surface area contributed by atoms with E-state index in [1.165, 1.54) is 0 Å². The lowest BCUT2D eigenvalue weighted by atomic mass is 9.99. The second-order valence-corrected chi connectivity index (χ2v) is 4.98. The molecular weight excluding hydrogens is 262 g/mol. The van der Waals surface area contributed by atoms with Gasteiger partial charge < -0.3 is 9.84 Å². The lowest BCUT2D eigenvalue weighted by Crippen LogP contribution is -2.03. The topological polar surface area (TPSA) is 42.4 Å². The zero-order valence-corrected chi connectivity index (χ0v) is 11.9. The molecule has 1 atom stereocenters. The van der Waals surface area contributed by atoms with E-state index in [1.54, 1.807) is 13.3 Å². The molecule has 0 bridgehead atoms. The fourth-order valence-corrected chi connectivity index (χ4v) is 2.51. The van der Waals surface area contributed by atoms with Crippen LogP contribution in [-0.2, 0) is 6.42 Å². The monoisotopic (exact) mass is 279 g/mol. The van der Waals surface area contributed by atoms with Gasteiger partial charge in [0.15, 0.2) is 0 Å². The molecule has 3 nitrogen and oxygen atoms in total. The van der Waals surface area contributed by atoms with E-state index in [2.05, 4.69) is 4.98 Å². The van der Waals surface area contributed by atoms with Gasteiger partial charge in [0.1, 0.15) is 5.75 Å². The van der Waals surface area contributed by atoms with Crippen molar-refractivity contribution in [2.45, 2.75) is 12.5 Å². The number of aliphatic hydroxyl groups excluding tert-OH is 1. The Bertz CT molecular complexity index is 750. The number of rotatable bonds is 4. The molecule has 21 heavy (non-hydrogen) atoms. The average Bonchev–Trinajstić information content (AvgIpc) is 2.55. The predicted octanol–water partition coefficient (Wildman–Crippen LogP) is 3.52. The van der Waals surface area contributed by atoms with Crippen molar-refractivity contribution in [3.05, 3.63) is 71.9 Å². The quantitative estimate of drug-likeness (QED) is 0.794. The van der Waals surface area contributed by atoms with Crippen LogP contribution in [-0.4, -0.2) is 17.2 Å². The van der Waals surface area contributed by atoms with Crippen molar-refractivity contribution in [2.24, 2.45) is 0 Å². The number of nitrogens with zero attached hydrogens (tertiary/aromatic N) is 1. The molecular formula is C18H17NO2. The summed E-state index contributed by atoms with van der Waals surface area (Å²) in [5.74, 6) is 0.756. The van der Waals surface area contributed by atoms with Crippen molar-refractivity contribution in [1.29, 1.82) is 0 Å². The Hall–Kier alpha value is -2.39. The Kier molecular flexibility index (Phi) is 3.84. The van der Waals surface area contributed by atoms with Crippen LogP contribution in [0.5, 0.6) is 5.75 Å². The molecule has 0 amide bonds. The van der Waals surface area contributed by atoms with E-state index in [4.69, 9.17) is 4.74 Å². The number of aromatic nitrogens is 1. The van der Waals surface area contributed by atoms with Crippen molar-refractivity contribution in [3.8, 4) is 5.75 Å². The number of ether oxygens (including phenoxy) is 1. The maximum absolute atomic E-state index is 10.5. The smallest absolute Gasteiger partial charge is 0.119 e. The van der Waals surface area contributed by atoms with Crippen LogP contribution in [0.15, 0.2) is 60.8 Å². The molecule has 1 heterocycles. The van der Waals surface area contributed by atoms with Crippen molar-refractivity contribution < 1.29 is 9.84 Å². The fourth-order valence-electron chi connectivity index (χ4n) is 2.51. The van der Waals surface area contributed by atoms with Gasteiger partial charge in [-0.2, -0.15) is 0 Å². The van der Waals surface area contributed by atoms with E-state index < -0.39 is 6.10 Å². The second-order valence-electron chi connectivity index (χ2n) is 4.98. The minimum atomic E-state index is -0.564. The third kappa shape index (κ3) is 2.88. The molecule has 0 aliphatic rings. The molecule has 1 unspecified atom stereocenters. The molecule has 0 aliphatic carbocycles. The molecule has 2 aromatic carbocycles. The first-order valence-corrected chi connectivity index (χ1v) is 6.92. The third-order valence-corrected chi connectivity index (χ3v) is 3.63. The van der Waals surface area contributed by atoms with Gasteiger partial charge in [-0.1, -0.05) is 30.3 Å². The zero-order valence-electron chi connectivity index (χ0n) is 11.9. The summed E-state index contributed by atoms with van der Waals surface area (Å²) in [4.78, 5) is 4.35. The number of fused-ring (bicyclic) bond motifs is 1. The maximum Gasteiger partial charge on any atom is 0.119 e. The summed E-state index contributed by atoms with van der Waals surface area (Å²) >= 11 is 0. The van der Waals surface area contributed by atoms with Crippen molar-refractivity contribution in [2.75, 3.05) is 7.11 Å². The Balaban J connectivity index is 1.90. The lowest BCUT2D eigenvalue weighted by Gasteiger charge is -2.13. The highest BCUT2D eigenvalue weighted by molar-refractivity contribution is 5.81. The fraction of sp³-hybridized carbons (Fsp3) is 0.167. The van der Waals surface area contributed by atoms with Gasteiger partial charge in [-0.3, -0.25) is 4.98 Å². The minimum absolute atomic E-state index is 0.552. The van der Waals surface area contributed by atoms with Crippen molar-refractivity contribution in [3.63, 3.8) is 0 Å². The van der Waals surface area contributed by atoms with Gasteiger partial charge in [0, 0.05) is 18.0 Å². The van der Waals surface area contributed by atoms with Gasteiger partial charge in [-0.15, -0.1) is 0 Å². The van der Waals surface area contributed by atoms with E-state index in [-0.39, 0.29) is 0 Å². The molecule has 0 radical (unpaired) electrons. The van der Waals surface area contributed by atoms with Gasteiger partial charge >= 0.3 is 0 Å². The van der Waals surface area contributed by atoms with Gasteiger partial charge in [0.25, 0.3) is 0 Å². The third-order valence-electron chi connectivity index (χ3n) is 3.63. The Morgan fingerprint density at radius 3 is 2.81 bits per heavy atom. The van der Waals surface area contributed by atoms with Gasteiger partial charge in [-0.05, 0) is 35.4 Å². The van der Waals surface area contributed by atoms with Crippen LogP contribution in [0.25, 0.3) is 10.9 Å². The molecule has 1 N–H and O–H groups in total. The van der Waals surface area contributed by atoms with Gasteiger partial charge in [0.2, 0.25) is 0 Å². The molecule has 0 fully saturated rings. The largest absolute Gasteiger partial charge is 0.497 e. The summed E-state index contributed by atoms with van der Waals surface area (Å²) in [6.07, 6.45) is 1.78. The molecule has 0 spiro atoms. The molecule has 106 valence electrons. The molecule has 0 saturated heterocycles. The summed E-state index contributed by atoms with van der Waals surface area (Å²) < 4.78 is 5.20. The normalized spacial score (nSPS) is 12.3. The molecule has 1 aromatic heterocycles. The maximum atomic E-state index is 10.5. The Labute approximate surface area is 123 Å². The molecule has 3 heteroatoms. The van der Waals surface area contributed by atoms with Gasteiger partial charge in [-0.25, -0.2) is 0 Å². The summed E-state index contributed by atoms with van der Waals surface area (Å²) in [7, 11) is 1.63. The zero-order chi connectivity index (χ0) is 14.7. The summed E-state index contributed by atoms with van der Waals surface area (Å²) in [6.45, 7) is 0. The number of aliphatic hydroxyl groups is 1. The number of hydrogen-bond donors (Lipinski definition) is 1. The van der Waals surface area contributed by atoms with Crippen molar-refractivity contribution >= 4 is 10.9 Å². The number of para-hydroxylation sites is 1. The molecule has 0 saturated carbocycles. The highest BCUT2D eigenvalue weighted by Crippen LogP contribution is 2.25. The van der Waals surface area contributed by atoms with E-state index in [0.717, 1.165) is 27.8 Å². The van der Waals surface area contributed by atoms with Crippen LogP contribution in [0.2, 0.25) is 0 Å². The first-order valence-electron chi connectivity index (χ1n) is 6.92. The van der Waals surface area contributed by atoms with Gasteiger partial charge in [0.05, 0.1) is 18.7 Å². The average molecular weight is 279 g/mol. The predicted molar refractivity (Wildman–Crippen MR) is 83.4 cm³/mol. The molecule has 0 aliphatic heterocycles. The Morgan fingerprint density at radius 2 is 1.95 bits per heavy atom. The highest BCUT2D eigenvalue weighted by atomic mass is 16.5. The first-order chi connectivity index (χ1) is 10.3.